The van der Waals surface area contributed by atoms with Crippen LogP contribution in [0.4, 0.5) is 5.69 Å². The molecule has 0 bridgehead atoms. The van der Waals surface area contributed by atoms with E-state index in [0.717, 1.165) is 0 Å². The minimum Gasteiger partial charge on any atom is -0.497 e. The van der Waals surface area contributed by atoms with Crippen molar-refractivity contribution in [3.05, 3.63) is 35.9 Å². The predicted molar refractivity (Wildman–Crippen MR) is 70.8 cm³/mol. The molecular weight excluding hydrogens is 246 g/mol. The highest BCUT2D eigenvalue weighted by Gasteiger charge is 2.14. The quantitative estimate of drug-likeness (QED) is 0.882. The van der Waals surface area contributed by atoms with E-state index in [9.17, 15) is 4.79 Å². The summed E-state index contributed by atoms with van der Waals surface area (Å²) in [6, 6.07) is 5.18. The molecule has 0 saturated heterocycles. The third kappa shape index (κ3) is 2.67. The number of anilines is 1. The van der Waals surface area contributed by atoms with Crippen molar-refractivity contribution in [2.24, 2.45) is 0 Å². The van der Waals surface area contributed by atoms with Gasteiger partial charge in [-0.25, -0.2) is 4.98 Å². The Labute approximate surface area is 110 Å². The lowest BCUT2D eigenvalue weighted by Crippen LogP contribution is -2.14. The van der Waals surface area contributed by atoms with Crippen LogP contribution in [-0.4, -0.2) is 30.1 Å². The summed E-state index contributed by atoms with van der Waals surface area (Å²) in [5, 5.41) is 2.75. The maximum Gasteiger partial charge on any atom is 0.276 e. The first-order valence-electron chi connectivity index (χ1n) is 5.69. The first-order valence-corrected chi connectivity index (χ1v) is 5.69. The molecule has 2 rings (SSSR count). The van der Waals surface area contributed by atoms with Gasteiger partial charge in [-0.3, -0.25) is 4.79 Å². The maximum atomic E-state index is 12.1. The molecule has 100 valence electrons. The van der Waals surface area contributed by atoms with Crippen LogP contribution >= 0.6 is 0 Å². The van der Waals surface area contributed by atoms with E-state index < -0.39 is 0 Å². The molecule has 2 N–H and O–H groups in total. The summed E-state index contributed by atoms with van der Waals surface area (Å²) < 4.78 is 10.3. The molecule has 0 fully saturated rings. The van der Waals surface area contributed by atoms with Crippen molar-refractivity contribution in [3.8, 4) is 11.5 Å². The Kier molecular flexibility index (Phi) is 3.70. The molecule has 0 saturated carbocycles. The summed E-state index contributed by atoms with van der Waals surface area (Å²) >= 11 is 0. The number of nitrogens with zero attached hydrogens (tertiary/aromatic N) is 1. The SMILES string of the molecule is COc1ccc(OC)c(NC(=O)c2nc[nH]c2C)c1. The van der Waals surface area contributed by atoms with Gasteiger partial charge in [-0.15, -0.1) is 0 Å². The Balaban J connectivity index is 2.27. The van der Waals surface area contributed by atoms with E-state index in [1.54, 1.807) is 32.2 Å². The minimum absolute atomic E-state index is 0.301. The zero-order valence-electron chi connectivity index (χ0n) is 11.0. The number of nitrogens with one attached hydrogen (secondary N) is 2. The summed E-state index contributed by atoms with van der Waals surface area (Å²) in [5.74, 6) is 0.891. The topological polar surface area (TPSA) is 76.2 Å². The maximum absolute atomic E-state index is 12.1. The molecule has 0 radical (unpaired) electrons. The van der Waals surface area contributed by atoms with Gasteiger partial charge in [0.2, 0.25) is 0 Å². The summed E-state index contributed by atoms with van der Waals surface area (Å²) in [5.41, 5.74) is 1.60. The average molecular weight is 261 g/mol. The molecule has 0 aliphatic carbocycles. The lowest BCUT2D eigenvalue weighted by Gasteiger charge is -2.11. The largest absolute Gasteiger partial charge is 0.497 e. The number of hydrogen-bond acceptors (Lipinski definition) is 4. The Morgan fingerprint density at radius 3 is 2.68 bits per heavy atom. The summed E-state index contributed by atoms with van der Waals surface area (Å²) in [6.07, 6.45) is 1.48. The van der Waals surface area contributed by atoms with Crippen LogP contribution in [-0.2, 0) is 0 Å². The first-order chi connectivity index (χ1) is 9.15. The van der Waals surface area contributed by atoms with Crippen LogP contribution in [0.1, 0.15) is 16.2 Å². The highest BCUT2D eigenvalue weighted by atomic mass is 16.5. The highest BCUT2D eigenvalue weighted by Crippen LogP contribution is 2.29. The highest BCUT2D eigenvalue weighted by molar-refractivity contribution is 6.04. The molecule has 6 heteroatoms. The molecular formula is C13H15N3O3. The number of hydrogen-bond donors (Lipinski definition) is 2. The Morgan fingerprint density at radius 1 is 1.32 bits per heavy atom. The lowest BCUT2D eigenvalue weighted by molar-refractivity contribution is 0.102. The molecule has 1 aromatic carbocycles. The molecule has 0 aliphatic heterocycles. The third-order valence-corrected chi connectivity index (χ3v) is 2.70. The van der Waals surface area contributed by atoms with Crippen LogP contribution in [0, 0.1) is 6.92 Å². The molecule has 1 amide bonds. The Hall–Kier alpha value is -2.50. The normalized spacial score (nSPS) is 10.1. The molecule has 2 aromatic rings. The first kappa shape index (κ1) is 12.9. The molecule has 0 atom stereocenters. The number of aromatic nitrogens is 2. The number of benzene rings is 1. The molecule has 1 aromatic heterocycles. The Bertz CT molecular complexity index is 593. The van der Waals surface area contributed by atoms with Gasteiger partial charge >= 0.3 is 0 Å². The van der Waals surface area contributed by atoms with Crippen molar-refractivity contribution in [3.63, 3.8) is 0 Å². The van der Waals surface area contributed by atoms with Gasteiger partial charge < -0.3 is 19.8 Å². The van der Waals surface area contributed by atoms with E-state index in [2.05, 4.69) is 15.3 Å². The fourth-order valence-electron chi connectivity index (χ4n) is 1.68. The van der Waals surface area contributed by atoms with Crippen LogP contribution in [0.5, 0.6) is 11.5 Å². The number of rotatable bonds is 4. The van der Waals surface area contributed by atoms with Crippen LogP contribution in [0.15, 0.2) is 24.5 Å². The lowest BCUT2D eigenvalue weighted by atomic mass is 10.2. The zero-order chi connectivity index (χ0) is 13.8. The van der Waals surface area contributed by atoms with Gasteiger partial charge in [0.1, 0.15) is 17.2 Å². The molecule has 0 aliphatic rings. The van der Waals surface area contributed by atoms with E-state index in [1.165, 1.54) is 13.4 Å². The van der Waals surface area contributed by atoms with Gasteiger partial charge in [-0.1, -0.05) is 0 Å². The van der Waals surface area contributed by atoms with Crippen molar-refractivity contribution in [2.75, 3.05) is 19.5 Å². The molecule has 19 heavy (non-hydrogen) atoms. The van der Waals surface area contributed by atoms with Crippen molar-refractivity contribution < 1.29 is 14.3 Å². The number of ether oxygens (including phenoxy) is 2. The van der Waals surface area contributed by atoms with E-state index >= 15 is 0 Å². The van der Waals surface area contributed by atoms with Crippen molar-refractivity contribution in [1.29, 1.82) is 0 Å². The second-order valence-electron chi connectivity index (χ2n) is 3.90. The van der Waals surface area contributed by atoms with Crippen LogP contribution < -0.4 is 14.8 Å². The average Bonchev–Trinajstić information content (AvgIpc) is 2.85. The van der Waals surface area contributed by atoms with Gasteiger partial charge in [0.25, 0.3) is 5.91 Å². The van der Waals surface area contributed by atoms with Crippen LogP contribution in [0.25, 0.3) is 0 Å². The van der Waals surface area contributed by atoms with Gasteiger partial charge in [-0.05, 0) is 19.1 Å². The van der Waals surface area contributed by atoms with E-state index in [1.807, 2.05) is 0 Å². The fourth-order valence-corrected chi connectivity index (χ4v) is 1.68. The minimum atomic E-state index is -0.301. The van der Waals surface area contributed by atoms with Crippen LogP contribution in [0.3, 0.4) is 0 Å². The number of carbonyl (C=O) groups is 1. The molecule has 0 unspecified atom stereocenters. The second-order valence-corrected chi connectivity index (χ2v) is 3.90. The molecule has 0 spiro atoms. The predicted octanol–water partition coefficient (Wildman–Crippen LogP) is 1.99. The zero-order valence-corrected chi connectivity index (χ0v) is 11.0. The van der Waals surface area contributed by atoms with Crippen molar-refractivity contribution in [2.45, 2.75) is 6.92 Å². The van der Waals surface area contributed by atoms with Gasteiger partial charge in [-0.2, -0.15) is 0 Å². The summed E-state index contributed by atoms with van der Waals surface area (Å²) in [6.45, 7) is 1.78. The number of H-pyrrole nitrogens is 1. The van der Waals surface area contributed by atoms with Crippen molar-refractivity contribution in [1.82, 2.24) is 9.97 Å². The Morgan fingerprint density at radius 2 is 2.11 bits per heavy atom. The fraction of sp³-hybridized carbons (Fsp3) is 0.231. The second kappa shape index (κ2) is 5.43. The van der Waals surface area contributed by atoms with E-state index in [4.69, 9.17) is 9.47 Å². The standard InChI is InChI=1S/C13H15N3O3/c1-8-12(15-7-14-8)13(17)16-10-6-9(18-2)4-5-11(10)19-3/h4-7H,1-3H3,(H,14,15)(H,16,17). The van der Waals surface area contributed by atoms with Crippen LogP contribution in [0.2, 0.25) is 0 Å². The number of aromatic amines is 1. The molecule has 6 nitrogen and oxygen atoms in total. The number of carbonyl (C=O) groups excluding carboxylic acids is 1. The monoisotopic (exact) mass is 261 g/mol. The van der Waals surface area contributed by atoms with E-state index in [0.29, 0.717) is 28.6 Å². The van der Waals surface area contributed by atoms with Gasteiger partial charge in [0, 0.05) is 11.8 Å². The number of aryl methyl sites for hydroxylation is 1. The van der Waals surface area contributed by atoms with E-state index in [-0.39, 0.29) is 5.91 Å². The number of amides is 1. The van der Waals surface area contributed by atoms with Crippen molar-refractivity contribution >= 4 is 11.6 Å². The van der Waals surface area contributed by atoms with Gasteiger partial charge in [0.05, 0.1) is 26.2 Å². The number of methoxy groups -OCH3 is 2. The summed E-state index contributed by atoms with van der Waals surface area (Å²) in [4.78, 5) is 18.9. The summed E-state index contributed by atoms with van der Waals surface area (Å²) in [7, 11) is 3.10. The third-order valence-electron chi connectivity index (χ3n) is 2.70. The van der Waals surface area contributed by atoms with Gasteiger partial charge in [0.15, 0.2) is 0 Å². The smallest absolute Gasteiger partial charge is 0.276 e. The number of imidazole rings is 1. The molecule has 1 heterocycles.